The van der Waals surface area contributed by atoms with Gasteiger partial charge in [0, 0.05) is 12.1 Å². The van der Waals surface area contributed by atoms with Crippen molar-refractivity contribution in [3.05, 3.63) is 34.4 Å². The van der Waals surface area contributed by atoms with Crippen LogP contribution in [0.15, 0.2) is 29.4 Å². The molecule has 1 aliphatic rings. The minimum atomic E-state index is -2.81. The van der Waals surface area contributed by atoms with Gasteiger partial charge in [-0.2, -0.15) is 5.10 Å². The molecule has 8 heteroatoms. The number of amides is 1. The Bertz CT molecular complexity index is 545. The summed E-state index contributed by atoms with van der Waals surface area (Å²) in [6.07, 6.45) is -3.28. The van der Waals surface area contributed by atoms with Gasteiger partial charge in [-0.15, -0.1) is 0 Å². The first-order valence-corrected chi connectivity index (χ1v) is 4.92. The van der Waals surface area contributed by atoms with E-state index in [4.69, 9.17) is 0 Å². The fourth-order valence-electron chi connectivity index (χ4n) is 1.51. The van der Waals surface area contributed by atoms with Gasteiger partial charge in [-0.3, -0.25) is 14.9 Å². The highest BCUT2D eigenvalue weighted by molar-refractivity contribution is 6.14. The first kappa shape index (κ1) is 12.1. The fraction of sp³-hybridized carbons (Fsp3) is 0.200. The average Bonchev–Trinajstić information content (AvgIpc) is 2.72. The Morgan fingerprint density at radius 3 is 2.72 bits per heavy atom. The van der Waals surface area contributed by atoms with Gasteiger partial charge in [-0.05, 0) is 6.07 Å². The molecule has 0 bridgehead atoms. The van der Waals surface area contributed by atoms with Crippen molar-refractivity contribution in [2.75, 3.05) is 5.01 Å². The number of hydrogen-bond donors (Lipinski definition) is 0. The molecule has 0 aliphatic carbocycles. The molecule has 1 aromatic rings. The van der Waals surface area contributed by atoms with Gasteiger partial charge >= 0.3 is 0 Å². The Balaban J connectivity index is 2.34. The molecule has 0 radical (unpaired) electrons. The zero-order valence-electron chi connectivity index (χ0n) is 8.92. The summed E-state index contributed by atoms with van der Waals surface area (Å²) in [6, 6.07) is 5.09. The summed E-state index contributed by atoms with van der Waals surface area (Å²) in [7, 11) is 0. The van der Waals surface area contributed by atoms with E-state index < -0.39 is 29.4 Å². The number of nitrogens with zero attached hydrogens (tertiary/aromatic N) is 3. The SMILES string of the molecule is O=C1CC(C(F)F)=NN1c1cccc([N+](=O)[O-])c1. The molecule has 18 heavy (non-hydrogen) atoms. The van der Waals surface area contributed by atoms with Crippen molar-refractivity contribution in [1.29, 1.82) is 0 Å². The third-order valence-electron chi connectivity index (χ3n) is 2.33. The van der Waals surface area contributed by atoms with Crippen LogP contribution in [-0.4, -0.2) is 23.0 Å². The van der Waals surface area contributed by atoms with Crippen LogP contribution in [0.4, 0.5) is 20.2 Å². The number of anilines is 1. The van der Waals surface area contributed by atoms with Crippen LogP contribution in [0.3, 0.4) is 0 Å². The Kier molecular flexibility index (Phi) is 3.00. The molecule has 1 amide bonds. The lowest BCUT2D eigenvalue weighted by Crippen LogP contribution is -2.19. The molecule has 0 aromatic heterocycles. The van der Waals surface area contributed by atoms with Gasteiger partial charge in [0.25, 0.3) is 18.0 Å². The lowest BCUT2D eigenvalue weighted by atomic mass is 10.2. The van der Waals surface area contributed by atoms with E-state index in [0.29, 0.717) is 0 Å². The van der Waals surface area contributed by atoms with Gasteiger partial charge in [0.15, 0.2) is 0 Å². The number of nitro benzene ring substituents is 1. The minimum Gasteiger partial charge on any atom is -0.272 e. The summed E-state index contributed by atoms with van der Waals surface area (Å²) in [5, 5.41) is 14.8. The van der Waals surface area contributed by atoms with E-state index in [1.54, 1.807) is 0 Å². The number of hydrazone groups is 1. The number of rotatable bonds is 3. The van der Waals surface area contributed by atoms with Gasteiger partial charge < -0.3 is 0 Å². The predicted octanol–water partition coefficient (Wildman–Crippen LogP) is 1.95. The van der Waals surface area contributed by atoms with E-state index in [9.17, 15) is 23.7 Å². The number of nitro groups is 1. The highest BCUT2D eigenvalue weighted by Crippen LogP contribution is 2.25. The number of alkyl halides is 2. The molecule has 0 saturated carbocycles. The number of halogens is 2. The van der Waals surface area contributed by atoms with Crippen molar-refractivity contribution in [3.63, 3.8) is 0 Å². The first-order valence-electron chi connectivity index (χ1n) is 4.92. The second kappa shape index (κ2) is 4.47. The quantitative estimate of drug-likeness (QED) is 0.611. The van der Waals surface area contributed by atoms with Gasteiger partial charge in [0.05, 0.1) is 17.0 Å². The van der Waals surface area contributed by atoms with Crippen LogP contribution in [-0.2, 0) is 4.79 Å². The third kappa shape index (κ3) is 2.17. The molecule has 0 spiro atoms. The van der Waals surface area contributed by atoms with Gasteiger partial charge in [-0.25, -0.2) is 13.8 Å². The topological polar surface area (TPSA) is 75.8 Å². The molecule has 2 rings (SSSR count). The number of benzene rings is 1. The van der Waals surface area contributed by atoms with E-state index in [2.05, 4.69) is 5.10 Å². The van der Waals surface area contributed by atoms with Crippen LogP contribution >= 0.6 is 0 Å². The molecule has 6 nitrogen and oxygen atoms in total. The second-order valence-corrected chi connectivity index (χ2v) is 3.55. The number of hydrogen-bond acceptors (Lipinski definition) is 4. The Labute approximate surface area is 99.7 Å². The molecule has 1 aromatic carbocycles. The van der Waals surface area contributed by atoms with Crippen molar-refractivity contribution in [2.24, 2.45) is 5.10 Å². The van der Waals surface area contributed by atoms with Gasteiger partial charge in [0.1, 0.15) is 5.71 Å². The molecule has 0 N–H and O–H groups in total. The van der Waals surface area contributed by atoms with E-state index in [1.165, 1.54) is 18.2 Å². The van der Waals surface area contributed by atoms with Crippen LogP contribution in [0.5, 0.6) is 0 Å². The lowest BCUT2D eigenvalue weighted by Gasteiger charge is -2.10. The van der Waals surface area contributed by atoms with Crippen LogP contribution in [0.1, 0.15) is 6.42 Å². The van der Waals surface area contributed by atoms with Crippen LogP contribution in [0.2, 0.25) is 0 Å². The summed E-state index contributed by atoms with van der Waals surface area (Å²) in [5.74, 6) is -0.634. The van der Waals surface area contributed by atoms with E-state index >= 15 is 0 Å². The summed E-state index contributed by atoms with van der Waals surface area (Å²) in [5.41, 5.74) is -0.669. The van der Waals surface area contributed by atoms with Crippen molar-refractivity contribution in [3.8, 4) is 0 Å². The Morgan fingerprint density at radius 1 is 1.44 bits per heavy atom. The van der Waals surface area contributed by atoms with Crippen molar-refractivity contribution in [2.45, 2.75) is 12.8 Å². The summed E-state index contributed by atoms with van der Waals surface area (Å²) < 4.78 is 24.8. The highest BCUT2D eigenvalue weighted by Gasteiger charge is 2.30. The smallest absolute Gasteiger partial charge is 0.272 e. The summed E-state index contributed by atoms with van der Waals surface area (Å²) >= 11 is 0. The molecule has 0 fully saturated rings. The third-order valence-corrected chi connectivity index (χ3v) is 2.33. The number of non-ortho nitro benzene ring substituents is 1. The fourth-order valence-corrected chi connectivity index (χ4v) is 1.51. The highest BCUT2D eigenvalue weighted by atomic mass is 19.3. The summed E-state index contributed by atoms with van der Waals surface area (Å²) in [6.45, 7) is 0. The average molecular weight is 255 g/mol. The van der Waals surface area contributed by atoms with Crippen LogP contribution in [0, 0.1) is 10.1 Å². The molecule has 1 aliphatic heterocycles. The molecule has 94 valence electrons. The molecule has 0 saturated heterocycles. The van der Waals surface area contributed by atoms with Crippen LogP contribution in [0.25, 0.3) is 0 Å². The predicted molar refractivity (Wildman–Crippen MR) is 58.6 cm³/mol. The Hall–Kier alpha value is -2.38. The zero-order chi connectivity index (χ0) is 13.3. The van der Waals surface area contributed by atoms with E-state index in [1.807, 2.05) is 0 Å². The molecule has 0 atom stereocenters. The van der Waals surface area contributed by atoms with Crippen molar-refractivity contribution >= 4 is 23.0 Å². The maximum atomic E-state index is 12.4. The van der Waals surface area contributed by atoms with Crippen LogP contribution < -0.4 is 5.01 Å². The van der Waals surface area contributed by atoms with E-state index in [-0.39, 0.29) is 11.4 Å². The molecular weight excluding hydrogens is 248 g/mol. The van der Waals surface area contributed by atoms with E-state index in [0.717, 1.165) is 11.1 Å². The first-order chi connectivity index (χ1) is 8.49. The summed E-state index contributed by atoms with van der Waals surface area (Å²) in [4.78, 5) is 21.4. The largest absolute Gasteiger partial charge is 0.278 e. The minimum absolute atomic E-state index is 0.102. The van der Waals surface area contributed by atoms with Crippen molar-refractivity contribution < 1.29 is 18.5 Å². The molecule has 0 unspecified atom stereocenters. The van der Waals surface area contributed by atoms with Gasteiger partial charge in [0.2, 0.25) is 0 Å². The maximum absolute atomic E-state index is 12.4. The number of carbonyl (C=O) groups excluding carboxylic acids is 1. The normalized spacial score (nSPS) is 15.2. The lowest BCUT2D eigenvalue weighted by molar-refractivity contribution is -0.384. The molecular formula is C10H7F2N3O3. The molecule has 1 heterocycles. The van der Waals surface area contributed by atoms with Gasteiger partial charge in [-0.1, -0.05) is 6.07 Å². The Morgan fingerprint density at radius 2 is 2.17 bits per heavy atom. The maximum Gasteiger partial charge on any atom is 0.278 e. The second-order valence-electron chi connectivity index (χ2n) is 3.55. The standard InChI is InChI=1S/C10H7F2N3O3/c11-10(12)8-5-9(16)14(13-8)6-2-1-3-7(4-6)15(17)18/h1-4,10H,5H2. The zero-order valence-corrected chi connectivity index (χ0v) is 8.92. The number of carbonyl (C=O) groups is 1. The monoisotopic (exact) mass is 255 g/mol. The van der Waals surface area contributed by atoms with Crippen molar-refractivity contribution in [1.82, 2.24) is 0 Å².